The quantitative estimate of drug-likeness (QED) is 0.926. The minimum atomic E-state index is -0.653. The van der Waals surface area contributed by atoms with Crippen molar-refractivity contribution >= 4 is 21.8 Å². The van der Waals surface area contributed by atoms with E-state index >= 15 is 0 Å². The standard InChI is InChI=1S/C15H13BrFNO2/c1-20-13-8-4-6-11(14(13)17)15(19)18-9-10-5-2-3-7-12(10)16/h2-8H,9H2,1H3,(H,18,19). The van der Waals surface area contributed by atoms with Gasteiger partial charge in [0.05, 0.1) is 12.7 Å². The zero-order chi connectivity index (χ0) is 14.5. The fourth-order valence-electron chi connectivity index (χ4n) is 1.76. The number of hydrogen-bond donors (Lipinski definition) is 1. The fraction of sp³-hybridized carbons (Fsp3) is 0.133. The van der Waals surface area contributed by atoms with E-state index in [4.69, 9.17) is 4.74 Å². The van der Waals surface area contributed by atoms with Gasteiger partial charge >= 0.3 is 0 Å². The summed E-state index contributed by atoms with van der Waals surface area (Å²) in [6.45, 7) is 0.316. The van der Waals surface area contributed by atoms with Crippen LogP contribution < -0.4 is 10.1 Å². The zero-order valence-corrected chi connectivity index (χ0v) is 12.4. The summed E-state index contributed by atoms with van der Waals surface area (Å²) >= 11 is 3.39. The second-order valence-corrected chi connectivity index (χ2v) is 4.95. The van der Waals surface area contributed by atoms with Gasteiger partial charge < -0.3 is 10.1 Å². The van der Waals surface area contributed by atoms with Crippen molar-refractivity contribution in [3.63, 3.8) is 0 Å². The summed E-state index contributed by atoms with van der Waals surface area (Å²) < 4.78 is 19.7. The number of rotatable bonds is 4. The van der Waals surface area contributed by atoms with Crippen LogP contribution in [-0.2, 0) is 6.54 Å². The number of methoxy groups -OCH3 is 1. The molecule has 0 spiro atoms. The Morgan fingerprint density at radius 2 is 2.00 bits per heavy atom. The fourth-order valence-corrected chi connectivity index (χ4v) is 2.18. The number of hydrogen-bond acceptors (Lipinski definition) is 2. The average Bonchev–Trinajstić information content (AvgIpc) is 2.46. The third-order valence-corrected chi connectivity index (χ3v) is 3.60. The molecular weight excluding hydrogens is 325 g/mol. The first-order valence-electron chi connectivity index (χ1n) is 5.97. The number of benzene rings is 2. The maximum absolute atomic E-state index is 13.9. The molecule has 0 aromatic heterocycles. The smallest absolute Gasteiger partial charge is 0.254 e. The third-order valence-electron chi connectivity index (χ3n) is 2.83. The van der Waals surface area contributed by atoms with Gasteiger partial charge in [0, 0.05) is 11.0 Å². The van der Waals surface area contributed by atoms with Crippen molar-refractivity contribution in [1.82, 2.24) is 5.32 Å². The molecule has 0 saturated heterocycles. The lowest BCUT2D eigenvalue weighted by Crippen LogP contribution is -2.24. The summed E-state index contributed by atoms with van der Waals surface area (Å²) in [4.78, 5) is 12.0. The summed E-state index contributed by atoms with van der Waals surface area (Å²) in [5.74, 6) is -1.07. The molecule has 104 valence electrons. The molecule has 0 radical (unpaired) electrons. The van der Waals surface area contributed by atoms with Crippen molar-refractivity contribution in [2.75, 3.05) is 7.11 Å². The second-order valence-electron chi connectivity index (χ2n) is 4.10. The topological polar surface area (TPSA) is 38.3 Å². The van der Waals surface area contributed by atoms with Crippen LogP contribution in [0.4, 0.5) is 4.39 Å². The summed E-state index contributed by atoms with van der Waals surface area (Å²) in [5.41, 5.74) is 0.889. The van der Waals surface area contributed by atoms with Crippen molar-refractivity contribution in [2.45, 2.75) is 6.54 Å². The van der Waals surface area contributed by atoms with Gasteiger partial charge in [-0.3, -0.25) is 4.79 Å². The van der Waals surface area contributed by atoms with Crippen LogP contribution in [0.3, 0.4) is 0 Å². The maximum atomic E-state index is 13.9. The lowest BCUT2D eigenvalue weighted by atomic mass is 10.1. The lowest BCUT2D eigenvalue weighted by Gasteiger charge is -2.09. The highest BCUT2D eigenvalue weighted by atomic mass is 79.9. The molecule has 0 aliphatic heterocycles. The maximum Gasteiger partial charge on any atom is 0.254 e. The van der Waals surface area contributed by atoms with Crippen molar-refractivity contribution in [2.24, 2.45) is 0 Å². The van der Waals surface area contributed by atoms with Crippen molar-refractivity contribution in [1.29, 1.82) is 0 Å². The van der Waals surface area contributed by atoms with Crippen LogP contribution in [-0.4, -0.2) is 13.0 Å². The average molecular weight is 338 g/mol. The Bertz CT molecular complexity index is 631. The Morgan fingerprint density at radius 3 is 2.70 bits per heavy atom. The van der Waals surface area contributed by atoms with Crippen molar-refractivity contribution in [3.05, 3.63) is 63.9 Å². The van der Waals surface area contributed by atoms with Gasteiger partial charge in [0.25, 0.3) is 5.91 Å². The third kappa shape index (κ3) is 3.17. The van der Waals surface area contributed by atoms with E-state index in [0.29, 0.717) is 6.54 Å². The molecule has 2 aromatic rings. The molecule has 0 fully saturated rings. The minimum Gasteiger partial charge on any atom is -0.494 e. The van der Waals surface area contributed by atoms with E-state index in [9.17, 15) is 9.18 Å². The van der Waals surface area contributed by atoms with E-state index < -0.39 is 11.7 Å². The summed E-state index contributed by atoms with van der Waals surface area (Å²) in [6, 6.07) is 12.0. The zero-order valence-electron chi connectivity index (χ0n) is 10.8. The molecule has 0 saturated carbocycles. The van der Waals surface area contributed by atoms with E-state index in [0.717, 1.165) is 10.0 Å². The van der Waals surface area contributed by atoms with Crippen LogP contribution in [0.15, 0.2) is 46.9 Å². The Balaban J connectivity index is 2.12. The normalized spacial score (nSPS) is 10.2. The Labute approximate surface area is 124 Å². The molecule has 0 unspecified atom stereocenters. The minimum absolute atomic E-state index is 0.0311. The van der Waals surface area contributed by atoms with E-state index in [1.165, 1.54) is 19.2 Å². The summed E-state index contributed by atoms with van der Waals surface area (Å²) in [7, 11) is 1.36. The number of carbonyl (C=O) groups is 1. The van der Waals surface area contributed by atoms with Gasteiger partial charge in [0.1, 0.15) is 0 Å². The van der Waals surface area contributed by atoms with Gasteiger partial charge in [-0.25, -0.2) is 4.39 Å². The molecule has 0 aliphatic rings. The largest absolute Gasteiger partial charge is 0.494 e. The van der Waals surface area contributed by atoms with Gasteiger partial charge in [-0.05, 0) is 23.8 Å². The molecule has 20 heavy (non-hydrogen) atoms. The van der Waals surface area contributed by atoms with Gasteiger partial charge in [-0.2, -0.15) is 0 Å². The van der Waals surface area contributed by atoms with E-state index in [2.05, 4.69) is 21.2 Å². The molecule has 5 heteroatoms. The highest BCUT2D eigenvalue weighted by Crippen LogP contribution is 2.20. The number of amides is 1. The van der Waals surface area contributed by atoms with Crippen molar-refractivity contribution in [3.8, 4) is 5.75 Å². The van der Waals surface area contributed by atoms with Crippen LogP contribution in [0.25, 0.3) is 0 Å². The van der Waals surface area contributed by atoms with Crippen LogP contribution in [0.1, 0.15) is 15.9 Å². The Kier molecular flexibility index (Phi) is 4.74. The van der Waals surface area contributed by atoms with Crippen LogP contribution in [0, 0.1) is 5.82 Å². The molecule has 0 aliphatic carbocycles. The van der Waals surface area contributed by atoms with E-state index in [1.54, 1.807) is 6.07 Å². The van der Waals surface area contributed by atoms with E-state index in [-0.39, 0.29) is 11.3 Å². The number of nitrogens with one attached hydrogen (secondary N) is 1. The molecule has 2 rings (SSSR count). The predicted molar refractivity (Wildman–Crippen MR) is 78.3 cm³/mol. The van der Waals surface area contributed by atoms with Crippen LogP contribution in [0.2, 0.25) is 0 Å². The van der Waals surface area contributed by atoms with Crippen LogP contribution in [0.5, 0.6) is 5.75 Å². The van der Waals surface area contributed by atoms with Gasteiger partial charge in [-0.15, -0.1) is 0 Å². The first-order chi connectivity index (χ1) is 9.63. The molecule has 0 bridgehead atoms. The second kappa shape index (κ2) is 6.52. The number of carbonyl (C=O) groups excluding carboxylic acids is 1. The van der Waals surface area contributed by atoms with E-state index in [1.807, 2.05) is 24.3 Å². The van der Waals surface area contributed by atoms with Gasteiger partial charge in [0.15, 0.2) is 11.6 Å². The molecule has 2 aromatic carbocycles. The Hall–Kier alpha value is -1.88. The summed E-state index contributed by atoms with van der Waals surface area (Å²) in [5, 5.41) is 2.68. The molecule has 0 atom stereocenters. The van der Waals surface area contributed by atoms with Crippen molar-refractivity contribution < 1.29 is 13.9 Å². The van der Waals surface area contributed by atoms with Gasteiger partial charge in [-0.1, -0.05) is 40.2 Å². The first-order valence-corrected chi connectivity index (χ1v) is 6.77. The number of ether oxygens (including phenoxy) is 1. The molecular formula is C15H13BrFNO2. The molecule has 1 N–H and O–H groups in total. The number of halogens is 2. The summed E-state index contributed by atoms with van der Waals surface area (Å²) in [6.07, 6.45) is 0. The SMILES string of the molecule is COc1cccc(C(=O)NCc2ccccc2Br)c1F. The van der Waals surface area contributed by atoms with Gasteiger partial charge in [0.2, 0.25) is 0 Å². The molecule has 0 heterocycles. The monoisotopic (exact) mass is 337 g/mol. The first kappa shape index (κ1) is 14.5. The lowest BCUT2D eigenvalue weighted by molar-refractivity contribution is 0.0946. The highest BCUT2D eigenvalue weighted by Gasteiger charge is 2.15. The van der Waals surface area contributed by atoms with Crippen LogP contribution >= 0.6 is 15.9 Å². The molecule has 3 nitrogen and oxygen atoms in total. The Morgan fingerprint density at radius 1 is 1.25 bits per heavy atom. The highest BCUT2D eigenvalue weighted by molar-refractivity contribution is 9.10. The molecule has 1 amide bonds. The predicted octanol–water partition coefficient (Wildman–Crippen LogP) is 3.53.